The van der Waals surface area contributed by atoms with Crippen molar-refractivity contribution < 1.29 is 8.42 Å². The van der Waals surface area contributed by atoms with Crippen LogP contribution in [0.3, 0.4) is 0 Å². The molecule has 0 aliphatic carbocycles. The second-order valence-corrected chi connectivity index (χ2v) is 7.15. The van der Waals surface area contributed by atoms with Crippen molar-refractivity contribution in [2.45, 2.75) is 11.1 Å². The lowest BCUT2D eigenvalue weighted by Gasteiger charge is -2.09. The van der Waals surface area contributed by atoms with Gasteiger partial charge in [0.1, 0.15) is 10.5 Å². The van der Waals surface area contributed by atoms with Gasteiger partial charge in [-0.05, 0) is 52.6 Å². The van der Waals surface area contributed by atoms with Gasteiger partial charge in [-0.3, -0.25) is 4.72 Å². The molecule has 3 aromatic rings. The Kier molecular flexibility index (Phi) is 3.43. The Bertz CT molecular complexity index is 842. The highest BCUT2D eigenvalue weighted by Gasteiger charge is 2.15. The molecular weight excluding hydrogens is 310 g/mol. The van der Waals surface area contributed by atoms with Crippen LogP contribution < -0.4 is 4.72 Å². The van der Waals surface area contributed by atoms with Crippen LogP contribution in [0.25, 0.3) is 5.69 Å². The van der Waals surface area contributed by atoms with Gasteiger partial charge in [-0.15, -0.1) is 16.4 Å². The standard InChI is InChI=1S/C12H11N5O2S2/c1-9-7-10(4-5-11(9)17-8-13-15-16-17)14-21(18,19)12-3-2-6-20-12/h2-8,14H,1H3. The fourth-order valence-electron chi connectivity index (χ4n) is 1.87. The zero-order valence-corrected chi connectivity index (χ0v) is 12.6. The molecule has 0 atom stereocenters. The molecule has 9 heteroatoms. The third-order valence-corrected chi connectivity index (χ3v) is 5.58. The van der Waals surface area contributed by atoms with Crippen molar-refractivity contribution in [2.75, 3.05) is 4.72 Å². The van der Waals surface area contributed by atoms with Gasteiger partial charge in [-0.1, -0.05) is 6.07 Å². The smallest absolute Gasteiger partial charge is 0.271 e. The molecule has 0 fully saturated rings. The van der Waals surface area contributed by atoms with Gasteiger partial charge in [-0.2, -0.15) is 0 Å². The van der Waals surface area contributed by atoms with Gasteiger partial charge in [0.25, 0.3) is 10.0 Å². The molecule has 21 heavy (non-hydrogen) atoms. The maximum atomic E-state index is 12.1. The summed E-state index contributed by atoms with van der Waals surface area (Å²) in [5, 5.41) is 12.7. The summed E-state index contributed by atoms with van der Waals surface area (Å²) in [5.74, 6) is 0. The highest BCUT2D eigenvalue weighted by Crippen LogP contribution is 2.23. The number of sulfonamides is 1. The van der Waals surface area contributed by atoms with Crippen LogP contribution in [0.5, 0.6) is 0 Å². The molecule has 0 amide bonds. The van der Waals surface area contributed by atoms with E-state index in [1.807, 2.05) is 6.92 Å². The third kappa shape index (κ3) is 2.78. The third-order valence-electron chi connectivity index (χ3n) is 2.80. The fourth-order valence-corrected chi connectivity index (χ4v) is 3.91. The predicted molar refractivity (Wildman–Crippen MR) is 79.0 cm³/mol. The van der Waals surface area contributed by atoms with Crippen molar-refractivity contribution in [3.63, 3.8) is 0 Å². The summed E-state index contributed by atoms with van der Waals surface area (Å²) in [6, 6.07) is 8.44. The Hall–Kier alpha value is -2.26. The second kappa shape index (κ2) is 5.26. The number of tetrazole rings is 1. The van der Waals surface area contributed by atoms with Crippen LogP contribution in [0, 0.1) is 6.92 Å². The van der Waals surface area contributed by atoms with Crippen molar-refractivity contribution in [2.24, 2.45) is 0 Å². The van der Waals surface area contributed by atoms with E-state index >= 15 is 0 Å². The van der Waals surface area contributed by atoms with Gasteiger partial charge in [0.15, 0.2) is 0 Å². The first kappa shape index (κ1) is 13.7. The largest absolute Gasteiger partial charge is 0.279 e. The summed E-state index contributed by atoms with van der Waals surface area (Å²) in [7, 11) is -3.53. The Labute approximate surface area is 125 Å². The van der Waals surface area contributed by atoms with Crippen LogP contribution >= 0.6 is 11.3 Å². The van der Waals surface area contributed by atoms with E-state index in [-0.39, 0.29) is 4.21 Å². The fraction of sp³-hybridized carbons (Fsp3) is 0.0833. The summed E-state index contributed by atoms with van der Waals surface area (Å²) in [6.07, 6.45) is 1.48. The zero-order chi connectivity index (χ0) is 14.9. The molecule has 0 aliphatic rings. The van der Waals surface area contributed by atoms with Gasteiger partial charge >= 0.3 is 0 Å². The monoisotopic (exact) mass is 321 g/mol. The molecule has 0 saturated carbocycles. The number of hydrogen-bond donors (Lipinski definition) is 1. The number of rotatable bonds is 4. The molecule has 0 spiro atoms. The molecule has 2 aromatic heterocycles. The van der Waals surface area contributed by atoms with Crippen LogP contribution in [-0.4, -0.2) is 28.6 Å². The lowest BCUT2D eigenvalue weighted by atomic mass is 10.2. The number of aryl methyl sites for hydroxylation is 1. The number of nitrogens with zero attached hydrogens (tertiary/aromatic N) is 4. The van der Waals surface area contributed by atoms with Gasteiger partial charge in [-0.25, -0.2) is 13.1 Å². The minimum atomic E-state index is -3.53. The molecule has 108 valence electrons. The van der Waals surface area contributed by atoms with Crippen LogP contribution in [0.2, 0.25) is 0 Å². The van der Waals surface area contributed by atoms with Crippen molar-refractivity contribution in [1.82, 2.24) is 20.2 Å². The van der Waals surface area contributed by atoms with E-state index in [1.165, 1.54) is 22.3 Å². The number of aromatic nitrogens is 4. The van der Waals surface area contributed by atoms with Crippen molar-refractivity contribution in [3.8, 4) is 5.69 Å². The van der Waals surface area contributed by atoms with E-state index < -0.39 is 10.0 Å². The van der Waals surface area contributed by atoms with E-state index in [2.05, 4.69) is 20.2 Å². The van der Waals surface area contributed by atoms with Crippen molar-refractivity contribution in [3.05, 3.63) is 47.6 Å². The van der Waals surface area contributed by atoms with Crippen molar-refractivity contribution in [1.29, 1.82) is 0 Å². The molecule has 2 heterocycles. The quantitative estimate of drug-likeness (QED) is 0.792. The van der Waals surface area contributed by atoms with E-state index in [0.29, 0.717) is 5.69 Å². The first-order chi connectivity index (χ1) is 10.1. The number of nitrogens with one attached hydrogen (secondary N) is 1. The van der Waals surface area contributed by atoms with Crippen LogP contribution in [0.15, 0.2) is 46.2 Å². The lowest BCUT2D eigenvalue weighted by molar-refractivity contribution is 0.603. The molecule has 7 nitrogen and oxygen atoms in total. The van der Waals surface area contributed by atoms with E-state index in [0.717, 1.165) is 11.3 Å². The summed E-state index contributed by atoms with van der Waals surface area (Å²) >= 11 is 1.17. The van der Waals surface area contributed by atoms with Gasteiger partial charge in [0.2, 0.25) is 0 Å². The van der Waals surface area contributed by atoms with Gasteiger partial charge in [0, 0.05) is 5.69 Å². The lowest BCUT2D eigenvalue weighted by Crippen LogP contribution is -2.11. The average Bonchev–Trinajstić information content (AvgIpc) is 3.12. The molecule has 0 bridgehead atoms. The Morgan fingerprint density at radius 2 is 2.14 bits per heavy atom. The van der Waals surface area contributed by atoms with Crippen LogP contribution in [0.1, 0.15) is 5.56 Å². The summed E-state index contributed by atoms with van der Waals surface area (Å²) in [5.41, 5.74) is 2.14. The minimum absolute atomic E-state index is 0.282. The number of hydrogen-bond acceptors (Lipinski definition) is 6. The normalized spacial score (nSPS) is 11.5. The van der Waals surface area contributed by atoms with Crippen LogP contribution in [0.4, 0.5) is 5.69 Å². The van der Waals surface area contributed by atoms with Gasteiger partial charge < -0.3 is 0 Å². The summed E-state index contributed by atoms with van der Waals surface area (Å²) in [4.78, 5) is 0. The molecule has 1 N–H and O–H groups in total. The maximum Gasteiger partial charge on any atom is 0.271 e. The van der Waals surface area contributed by atoms with E-state index in [4.69, 9.17) is 0 Å². The molecule has 0 saturated heterocycles. The molecule has 1 aromatic carbocycles. The zero-order valence-electron chi connectivity index (χ0n) is 11.0. The molecule has 0 unspecified atom stereocenters. The van der Waals surface area contributed by atoms with E-state index in [9.17, 15) is 8.42 Å². The van der Waals surface area contributed by atoms with Crippen molar-refractivity contribution >= 4 is 27.0 Å². The van der Waals surface area contributed by atoms with E-state index in [1.54, 1.807) is 35.7 Å². The first-order valence-electron chi connectivity index (χ1n) is 5.96. The minimum Gasteiger partial charge on any atom is -0.279 e. The Balaban J connectivity index is 1.90. The molecule has 0 aliphatic heterocycles. The average molecular weight is 321 g/mol. The predicted octanol–water partition coefficient (Wildman–Crippen LogP) is 1.83. The first-order valence-corrected chi connectivity index (χ1v) is 8.33. The SMILES string of the molecule is Cc1cc(NS(=O)(=O)c2cccs2)ccc1-n1cnnn1. The molecular formula is C12H11N5O2S2. The maximum absolute atomic E-state index is 12.1. The summed E-state index contributed by atoms with van der Waals surface area (Å²) < 4.78 is 28.7. The topological polar surface area (TPSA) is 89.8 Å². The second-order valence-electron chi connectivity index (χ2n) is 4.29. The number of anilines is 1. The van der Waals surface area contributed by atoms with Crippen LogP contribution in [-0.2, 0) is 10.0 Å². The number of thiophene rings is 1. The number of benzene rings is 1. The highest BCUT2D eigenvalue weighted by atomic mass is 32.2. The van der Waals surface area contributed by atoms with Gasteiger partial charge in [0.05, 0.1) is 5.69 Å². The Morgan fingerprint density at radius 3 is 2.76 bits per heavy atom. The Morgan fingerprint density at radius 1 is 1.29 bits per heavy atom. The molecule has 0 radical (unpaired) electrons. The summed E-state index contributed by atoms with van der Waals surface area (Å²) in [6.45, 7) is 1.86. The highest BCUT2D eigenvalue weighted by molar-refractivity contribution is 7.94. The molecule has 3 rings (SSSR count).